The zero-order chi connectivity index (χ0) is 37.1. The van der Waals surface area contributed by atoms with E-state index in [1.807, 2.05) is 0 Å². The minimum Gasteiger partial charge on any atom is -0.465 e. The van der Waals surface area contributed by atoms with E-state index in [1.165, 1.54) is 76.3 Å². The standard InChI is InChI=1S/C30H33N7O9.NO3.H2O/c1-44-28(41)19-4-7-22(34-16-19)25(38)31-10-13-37(14-11-32-26(39)23-8-5-20(17-35-23)29(42)45-2)15-12-33-27(40)24-9-6-21(18-36-24)30(43)46-3;2-1(3)4;/h4-9,16-18H,10-15H2,1-3H3,(H,31,38)(H,32,39)(H,33,40);;1H2/q;-1;/p+1. The lowest BCUT2D eigenvalue weighted by atomic mass is 10.2. The average Bonchev–Trinajstić information content (AvgIpc) is 3.13. The maximum absolute atomic E-state index is 12.6. The van der Waals surface area contributed by atoms with Crippen molar-refractivity contribution in [2.45, 2.75) is 0 Å². The lowest BCUT2D eigenvalue weighted by Gasteiger charge is -2.20. The Bertz CT molecular complexity index is 1450. The summed E-state index contributed by atoms with van der Waals surface area (Å²) in [6.45, 7) is 2.00. The second-order valence-electron chi connectivity index (χ2n) is 9.76. The number of amides is 3. The highest BCUT2D eigenvalue weighted by Gasteiger charge is 2.16. The van der Waals surface area contributed by atoms with Crippen molar-refractivity contribution in [1.29, 1.82) is 0 Å². The molecule has 0 aliphatic rings. The van der Waals surface area contributed by atoms with Crippen LogP contribution in [0.15, 0.2) is 55.0 Å². The van der Waals surface area contributed by atoms with Gasteiger partial charge in [0.2, 0.25) is 0 Å². The van der Waals surface area contributed by atoms with Gasteiger partial charge >= 0.3 is 17.9 Å². The number of quaternary nitrogens is 1. The minimum absolute atomic E-state index is 0. The minimum atomic E-state index is -1.75. The second-order valence-corrected chi connectivity index (χ2v) is 9.76. The maximum Gasteiger partial charge on any atom is 0.339 e. The molecule has 0 unspecified atom stereocenters. The number of nitrogens with zero attached hydrogens (tertiary/aromatic N) is 4. The van der Waals surface area contributed by atoms with Gasteiger partial charge in [-0.1, -0.05) is 0 Å². The van der Waals surface area contributed by atoms with E-state index in [0.29, 0.717) is 19.6 Å². The molecular weight excluding hydrogens is 680 g/mol. The molecule has 3 amide bonds. The normalized spacial score (nSPS) is 9.88. The number of aromatic nitrogens is 3. The Morgan fingerprint density at radius 3 is 1.04 bits per heavy atom. The Hall–Kier alpha value is -6.61. The fourth-order valence-electron chi connectivity index (χ4n) is 4.01. The van der Waals surface area contributed by atoms with E-state index in [0.717, 1.165) is 4.90 Å². The molecule has 0 aliphatic carbocycles. The van der Waals surface area contributed by atoms with Crippen LogP contribution in [-0.2, 0) is 14.2 Å². The van der Waals surface area contributed by atoms with Crippen LogP contribution < -0.4 is 20.9 Å². The third-order valence-electron chi connectivity index (χ3n) is 6.54. The first kappa shape index (κ1) is 42.4. The summed E-state index contributed by atoms with van der Waals surface area (Å²) < 4.78 is 13.9. The molecule has 21 heteroatoms. The topological polar surface area (TPSA) is 307 Å². The van der Waals surface area contributed by atoms with Gasteiger partial charge in [0, 0.05) is 18.6 Å². The monoisotopic (exact) mass is 716 g/mol. The van der Waals surface area contributed by atoms with Crippen LogP contribution >= 0.6 is 0 Å². The quantitative estimate of drug-likeness (QED) is 0.0553. The van der Waals surface area contributed by atoms with Crippen LogP contribution in [0.4, 0.5) is 0 Å². The molecule has 6 N–H and O–H groups in total. The Labute approximate surface area is 289 Å². The van der Waals surface area contributed by atoms with Crippen molar-refractivity contribution < 1.29 is 58.4 Å². The van der Waals surface area contributed by atoms with E-state index < -0.39 is 40.7 Å². The molecule has 0 spiro atoms. The zero-order valence-corrected chi connectivity index (χ0v) is 27.6. The van der Waals surface area contributed by atoms with Crippen LogP contribution in [0.5, 0.6) is 0 Å². The Morgan fingerprint density at radius 1 is 0.588 bits per heavy atom. The van der Waals surface area contributed by atoms with Crippen LogP contribution in [0.2, 0.25) is 0 Å². The third-order valence-corrected chi connectivity index (χ3v) is 6.54. The van der Waals surface area contributed by atoms with Gasteiger partial charge in [0.15, 0.2) is 0 Å². The molecule has 0 saturated heterocycles. The summed E-state index contributed by atoms with van der Waals surface area (Å²) in [5, 5.41) is 23.1. The number of esters is 3. The van der Waals surface area contributed by atoms with E-state index in [1.54, 1.807) is 0 Å². The molecule has 0 saturated carbocycles. The highest BCUT2D eigenvalue weighted by atomic mass is 16.9. The van der Waals surface area contributed by atoms with Gasteiger partial charge in [0.1, 0.15) is 17.1 Å². The van der Waals surface area contributed by atoms with E-state index in [-0.39, 0.29) is 58.9 Å². The van der Waals surface area contributed by atoms with Gasteiger partial charge in [-0.15, -0.1) is 0 Å². The fraction of sp³-hybridized carbons (Fsp3) is 0.300. The van der Waals surface area contributed by atoms with Crippen molar-refractivity contribution in [3.63, 3.8) is 0 Å². The number of pyridine rings is 3. The van der Waals surface area contributed by atoms with Crippen LogP contribution in [0, 0.1) is 15.3 Å². The van der Waals surface area contributed by atoms with Crippen molar-refractivity contribution in [3.8, 4) is 0 Å². The molecule has 51 heavy (non-hydrogen) atoms. The molecular formula is C30H36N8O13. The third kappa shape index (κ3) is 14.6. The van der Waals surface area contributed by atoms with Gasteiger partial charge in [-0.05, 0) is 36.4 Å². The Morgan fingerprint density at radius 2 is 0.843 bits per heavy atom. The van der Waals surface area contributed by atoms with Crippen molar-refractivity contribution in [1.82, 2.24) is 30.9 Å². The predicted octanol–water partition coefficient (Wildman–Crippen LogP) is -2.36. The molecule has 3 aromatic heterocycles. The first-order valence-electron chi connectivity index (χ1n) is 14.5. The van der Waals surface area contributed by atoms with Gasteiger partial charge in [0.05, 0.1) is 82.4 Å². The molecule has 21 nitrogen and oxygen atoms in total. The van der Waals surface area contributed by atoms with Crippen LogP contribution in [-0.4, -0.2) is 122 Å². The molecule has 0 aliphatic heterocycles. The van der Waals surface area contributed by atoms with E-state index in [2.05, 4.69) is 45.1 Å². The summed E-state index contributed by atoms with van der Waals surface area (Å²) in [6.07, 6.45) is 3.75. The summed E-state index contributed by atoms with van der Waals surface area (Å²) in [5.74, 6) is -3.04. The summed E-state index contributed by atoms with van der Waals surface area (Å²) in [6, 6.07) is 8.55. The van der Waals surface area contributed by atoms with Crippen molar-refractivity contribution >= 4 is 35.6 Å². The Balaban J connectivity index is 0.00000246. The number of ether oxygens (including phenoxy) is 3. The van der Waals surface area contributed by atoms with Gasteiger partial charge < -0.3 is 55.9 Å². The van der Waals surface area contributed by atoms with Crippen LogP contribution in [0.3, 0.4) is 0 Å². The van der Waals surface area contributed by atoms with Gasteiger partial charge in [0.25, 0.3) is 17.7 Å². The Kier molecular flexibility index (Phi) is 18.4. The highest BCUT2D eigenvalue weighted by Crippen LogP contribution is 2.04. The number of rotatable bonds is 15. The molecule has 3 heterocycles. The number of methoxy groups -OCH3 is 3. The van der Waals surface area contributed by atoms with Crippen molar-refractivity contribution in [2.24, 2.45) is 0 Å². The number of hydrogen-bond acceptors (Lipinski definition) is 15. The smallest absolute Gasteiger partial charge is 0.339 e. The molecule has 0 bridgehead atoms. The number of carbonyl (C=O) groups excluding carboxylic acids is 6. The van der Waals surface area contributed by atoms with Crippen molar-refractivity contribution in [2.75, 3.05) is 60.6 Å². The first-order valence-corrected chi connectivity index (χ1v) is 14.5. The van der Waals surface area contributed by atoms with Crippen molar-refractivity contribution in [3.05, 3.63) is 104 Å². The summed E-state index contributed by atoms with van der Waals surface area (Å²) in [7, 11) is 3.74. The highest BCUT2D eigenvalue weighted by molar-refractivity contribution is 5.95. The van der Waals surface area contributed by atoms with Crippen LogP contribution in [0.1, 0.15) is 62.5 Å². The second kappa shape index (κ2) is 22.1. The average molecular weight is 717 g/mol. The summed E-state index contributed by atoms with van der Waals surface area (Å²) in [5.41, 5.74) is 0.981. The van der Waals surface area contributed by atoms with Gasteiger partial charge in [-0.2, -0.15) is 0 Å². The lowest BCUT2D eigenvalue weighted by molar-refractivity contribution is -0.896. The zero-order valence-electron chi connectivity index (χ0n) is 27.6. The summed E-state index contributed by atoms with van der Waals surface area (Å²) >= 11 is 0. The molecule has 0 fully saturated rings. The SMILES string of the molecule is COC(=O)c1ccc(C(=O)NCC[NH+](CCNC(=O)c2ccc(C(=O)OC)cn2)CCNC(=O)c2ccc(C(=O)OC)cn2)nc1.O.O=[N+]([O-])[O-]. The van der Waals surface area contributed by atoms with Crippen LogP contribution in [0.25, 0.3) is 0 Å². The number of carbonyl (C=O) groups is 6. The lowest BCUT2D eigenvalue weighted by Crippen LogP contribution is -3.14. The molecule has 3 aromatic rings. The molecule has 274 valence electrons. The molecule has 0 radical (unpaired) electrons. The fourth-order valence-corrected chi connectivity index (χ4v) is 4.01. The summed E-state index contributed by atoms with van der Waals surface area (Å²) in [4.78, 5) is 93.7. The van der Waals surface area contributed by atoms with Gasteiger partial charge in [-0.3, -0.25) is 29.3 Å². The number of hydrogen-bond donors (Lipinski definition) is 4. The first-order chi connectivity index (χ1) is 23.9. The van der Waals surface area contributed by atoms with Gasteiger partial charge in [-0.25, -0.2) is 14.4 Å². The van der Waals surface area contributed by atoms with E-state index in [9.17, 15) is 28.8 Å². The molecule has 3 rings (SSSR count). The number of nitrogens with one attached hydrogen (secondary N) is 4. The predicted molar refractivity (Wildman–Crippen MR) is 173 cm³/mol. The maximum atomic E-state index is 12.6. The van der Waals surface area contributed by atoms with E-state index in [4.69, 9.17) is 15.3 Å². The molecule has 0 aromatic carbocycles. The largest absolute Gasteiger partial charge is 0.465 e. The molecule has 0 atom stereocenters. The van der Waals surface area contributed by atoms with E-state index >= 15 is 0 Å².